The fourth-order valence-corrected chi connectivity index (χ4v) is 5.44. The number of hydrogen-bond acceptors (Lipinski definition) is 2. The summed E-state index contributed by atoms with van der Waals surface area (Å²) in [7, 11) is 0. The van der Waals surface area contributed by atoms with Crippen LogP contribution in [-0.2, 0) is 22.6 Å². The Morgan fingerprint density at radius 2 is 1.75 bits per heavy atom. The molecule has 148 valence electrons. The van der Waals surface area contributed by atoms with E-state index in [1.54, 1.807) is 0 Å². The lowest BCUT2D eigenvalue weighted by molar-refractivity contribution is -0.147. The number of carbonyl (C=O) groups is 2. The second kappa shape index (κ2) is 7.26. The molecule has 1 atom stereocenters. The van der Waals surface area contributed by atoms with Gasteiger partial charge in [0, 0.05) is 54.1 Å². The van der Waals surface area contributed by atoms with Crippen molar-refractivity contribution in [3.63, 3.8) is 0 Å². The topological polar surface area (TPSA) is 56.4 Å². The number of amides is 2. The normalized spacial score (nSPS) is 23.2. The van der Waals surface area contributed by atoms with Crippen molar-refractivity contribution in [3.05, 3.63) is 35.5 Å². The third-order valence-corrected chi connectivity index (χ3v) is 6.97. The van der Waals surface area contributed by atoms with Gasteiger partial charge in [0.05, 0.1) is 0 Å². The van der Waals surface area contributed by atoms with E-state index < -0.39 is 0 Å². The molecule has 1 aromatic heterocycles. The molecule has 1 N–H and O–H groups in total. The molecule has 5 nitrogen and oxygen atoms in total. The van der Waals surface area contributed by atoms with Crippen molar-refractivity contribution >= 4 is 22.7 Å². The Morgan fingerprint density at radius 3 is 2.61 bits per heavy atom. The molecule has 2 fully saturated rings. The van der Waals surface area contributed by atoms with Crippen LogP contribution in [-0.4, -0.2) is 45.7 Å². The summed E-state index contributed by atoms with van der Waals surface area (Å²) < 4.78 is 0. The molecule has 2 aromatic rings. The van der Waals surface area contributed by atoms with E-state index in [1.165, 1.54) is 23.1 Å². The lowest BCUT2D eigenvalue weighted by Gasteiger charge is -2.34. The van der Waals surface area contributed by atoms with Gasteiger partial charge in [-0.3, -0.25) is 9.59 Å². The van der Waals surface area contributed by atoms with E-state index in [1.807, 2.05) is 15.9 Å². The molecule has 2 aliphatic heterocycles. The molecule has 28 heavy (non-hydrogen) atoms. The van der Waals surface area contributed by atoms with Crippen molar-refractivity contribution in [2.45, 2.75) is 64.0 Å². The zero-order chi connectivity index (χ0) is 19.1. The number of para-hydroxylation sites is 1. The minimum absolute atomic E-state index is 0.142. The number of nitrogens with zero attached hydrogens (tertiary/aromatic N) is 2. The molecule has 0 bridgehead atoms. The molecular formula is C23H29N3O2. The first-order valence-electron chi connectivity index (χ1n) is 10.9. The smallest absolute Gasteiger partial charge is 0.245 e. The minimum Gasteiger partial charge on any atom is -0.358 e. The van der Waals surface area contributed by atoms with Gasteiger partial charge in [-0.15, -0.1) is 0 Å². The van der Waals surface area contributed by atoms with Crippen LogP contribution in [0.25, 0.3) is 10.9 Å². The Morgan fingerprint density at radius 1 is 0.929 bits per heavy atom. The average molecular weight is 380 g/mol. The van der Waals surface area contributed by atoms with Crippen LogP contribution in [0.3, 0.4) is 0 Å². The standard InChI is InChI=1S/C23H29N3O2/c27-22(16-7-2-1-3-8-16)26-13-6-11-21(26)23(28)25-14-12-20-18(15-25)17-9-4-5-10-19(17)24-20/h4-5,9-10,16,21,24H,1-3,6-8,11-15H2/t21-/m1/s1. The molecule has 5 heteroatoms. The molecule has 1 saturated carbocycles. The maximum Gasteiger partial charge on any atom is 0.245 e. The van der Waals surface area contributed by atoms with Gasteiger partial charge >= 0.3 is 0 Å². The van der Waals surface area contributed by atoms with Gasteiger partial charge < -0.3 is 14.8 Å². The molecule has 1 aromatic carbocycles. The number of benzene rings is 1. The zero-order valence-corrected chi connectivity index (χ0v) is 16.5. The number of fused-ring (bicyclic) bond motifs is 3. The quantitative estimate of drug-likeness (QED) is 0.866. The first-order chi connectivity index (χ1) is 13.7. The van der Waals surface area contributed by atoms with Crippen molar-refractivity contribution in [2.75, 3.05) is 13.1 Å². The van der Waals surface area contributed by atoms with Crippen molar-refractivity contribution < 1.29 is 9.59 Å². The Kier molecular flexibility index (Phi) is 4.61. The SMILES string of the molecule is O=C([C@H]1CCCN1C(=O)C1CCCCC1)N1CCc2[nH]c3ccccc3c2C1. The summed E-state index contributed by atoms with van der Waals surface area (Å²) in [5.41, 5.74) is 3.65. The molecule has 3 aliphatic rings. The van der Waals surface area contributed by atoms with Gasteiger partial charge in [0.15, 0.2) is 0 Å². The van der Waals surface area contributed by atoms with Crippen LogP contribution >= 0.6 is 0 Å². The molecule has 0 spiro atoms. The fourth-order valence-electron chi connectivity index (χ4n) is 5.44. The van der Waals surface area contributed by atoms with E-state index in [-0.39, 0.29) is 23.8 Å². The van der Waals surface area contributed by atoms with Gasteiger partial charge in [0.1, 0.15) is 6.04 Å². The number of H-pyrrole nitrogens is 1. The summed E-state index contributed by atoms with van der Waals surface area (Å²) in [5, 5.41) is 1.22. The van der Waals surface area contributed by atoms with Crippen LogP contribution < -0.4 is 0 Å². The summed E-state index contributed by atoms with van der Waals surface area (Å²) in [6, 6.07) is 8.08. The van der Waals surface area contributed by atoms with E-state index in [2.05, 4.69) is 23.2 Å². The summed E-state index contributed by atoms with van der Waals surface area (Å²) in [4.78, 5) is 33.9. The third kappa shape index (κ3) is 3.01. The Hall–Kier alpha value is -2.30. The molecule has 0 radical (unpaired) electrons. The van der Waals surface area contributed by atoms with Crippen LogP contribution in [0.4, 0.5) is 0 Å². The molecule has 0 unspecified atom stereocenters. The number of likely N-dealkylation sites (tertiary alicyclic amines) is 1. The van der Waals surface area contributed by atoms with Gasteiger partial charge in [-0.05, 0) is 31.7 Å². The van der Waals surface area contributed by atoms with Crippen LogP contribution in [0, 0.1) is 5.92 Å². The third-order valence-electron chi connectivity index (χ3n) is 6.97. The van der Waals surface area contributed by atoms with Crippen LogP contribution in [0.15, 0.2) is 24.3 Å². The summed E-state index contributed by atoms with van der Waals surface area (Å²) >= 11 is 0. The van der Waals surface area contributed by atoms with Crippen LogP contribution in [0.2, 0.25) is 0 Å². The van der Waals surface area contributed by atoms with Gasteiger partial charge in [-0.2, -0.15) is 0 Å². The summed E-state index contributed by atoms with van der Waals surface area (Å²) in [6.07, 6.45) is 8.16. The van der Waals surface area contributed by atoms with Gasteiger partial charge in [0.25, 0.3) is 0 Å². The van der Waals surface area contributed by atoms with Crippen molar-refractivity contribution in [1.29, 1.82) is 0 Å². The summed E-state index contributed by atoms with van der Waals surface area (Å²) in [5.74, 6) is 0.529. The molecule has 5 rings (SSSR count). The first kappa shape index (κ1) is 17.8. The van der Waals surface area contributed by atoms with E-state index in [0.717, 1.165) is 63.6 Å². The fraction of sp³-hybridized carbons (Fsp3) is 0.565. The zero-order valence-electron chi connectivity index (χ0n) is 16.5. The monoisotopic (exact) mass is 379 g/mol. The highest BCUT2D eigenvalue weighted by atomic mass is 16.2. The Bertz CT molecular complexity index is 896. The highest BCUT2D eigenvalue weighted by Crippen LogP contribution is 2.32. The average Bonchev–Trinajstić information content (AvgIpc) is 3.37. The lowest BCUT2D eigenvalue weighted by Crippen LogP contribution is -2.50. The largest absolute Gasteiger partial charge is 0.358 e. The number of aromatic amines is 1. The maximum atomic E-state index is 13.4. The van der Waals surface area contributed by atoms with Crippen LogP contribution in [0.1, 0.15) is 56.2 Å². The van der Waals surface area contributed by atoms with Gasteiger partial charge in [0.2, 0.25) is 11.8 Å². The minimum atomic E-state index is -0.249. The van der Waals surface area contributed by atoms with Gasteiger partial charge in [-0.1, -0.05) is 37.5 Å². The number of nitrogens with one attached hydrogen (secondary N) is 1. The number of hydrogen-bond donors (Lipinski definition) is 1. The first-order valence-corrected chi connectivity index (χ1v) is 10.9. The molecule has 1 aliphatic carbocycles. The molecular weight excluding hydrogens is 350 g/mol. The number of carbonyl (C=O) groups excluding carboxylic acids is 2. The summed E-state index contributed by atoms with van der Waals surface area (Å²) in [6.45, 7) is 2.14. The van der Waals surface area contributed by atoms with Gasteiger partial charge in [-0.25, -0.2) is 0 Å². The molecule has 1 saturated heterocycles. The predicted octanol–water partition coefficient (Wildman–Crippen LogP) is 3.62. The molecule has 2 amide bonds. The second-order valence-electron chi connectivity index (χ2n) is 8.66. The van der Waals surface area contributed by atoms with Crippen molar-refractivity contribution in [3.8, 4) is 0 Å². The number of rotatable bonds is 2. The second-order valence-corrected chi connectivity index (χ2v) is 8.66. The van der Waals surface area contributed by atoms with E-state index in [4.69, 9.17) is 0 Å². The highest BCUT2D eigenvalue weighted by Gasteiger charge is 2.39. The van der Waals surface area contributed by atoms with E-state index in [9.17, 15) is 9.59 Å². The molecule has 3 heterocycles. The van der Waals surface area contributed by atoms with E-state index in [0.29, 0.717) is 6.54 Å². The lowest BCUT2D eigenvalue weighted by atomic mass is 9.88. The van der Waals surface area contributed by atoms with Crippen molar-refractivity contribution in [1.82, 2.24) is 14.8 Å². The van der Waals surface area contributed by atoms with E-state index >= 15 is 0 Å². The van der Waals surface area contributed by atoms with Crippen LogP contribution in [0.5, 0.6) is 0 Å². The van der Waals surface area contributed by atoms with Crippen molar-refractivity contribution in [2.24, 2.45) is 5.92 Å². The Balaban J connectivity index is 1.33. The highest BCUT2D eigenvalue weighted by molar-refractivity contribution is 5.90. The maximum absolute atomic E-state index is 13.4. The number of aromatic nitrogens is 1. The Labute approximate surface area is 166 Å². The predicted molar refractivity (Wildman–Crippen MR) is 109 cm³/mol.